The van der Waals surface area contributed by atoms with Crippen molar-refractivity contribution in [1.82, 2.24) is 10.3 Å². The van der Waals surface area contributed by atoms with Crippen molar-refractivity contribution in [2.45, 2.75) is 13.1 Å². The Morgan fingerprint density at radius 2 is 2.05 bits per heavy atom. The average molecular weight is 325 g/mol. The maximum absolute atomic E-state index is 11.3. The minimum atomic E-state index is -0.444. The fourth-order valence-corrected chi connectivity index (χ4v) is 2.15. The number of benzene rings is 1. The molecule has 0 aliphatic carbocycles. The molecule has 0 unspecified atom stereocenters. The largest absolute Gasteiger partial charge is 0.464 e. The summed E-state index contributed by atoms with van der Waals surface area (Å²) in [5.74, 6) is -0.444. The van der Waals surface area contributed by atoms with Crippen LogP contribution in [0.25, 0.3) is 0 Å². The number of esters is 1. The second-order valence-electron chi connectivity index (χ2n) is 4.38. The lowest BCUT2D eigenvalue weighted by atomic mass is 10.2. The Bertz CT molecular complexity index is 630. The molecule has 1 heterocycles. The maximum atomic E-state index is 11.3. The second kappa shape index (κ2) is 7.41. The zero-order chi connectivity index (χ0) is 15.2. The highest BCUT2D eigenvalue weighted by atomic mass is 35.5. The first-order valence-electron chi connectivity index (χ1n) is 6.28. The zero-order valence-corrected chi connectivity index (χ0v) is 12.9. The van der Waals surface area contributed by atoms with E-state index in [2.05, 4.69) is 15.0 Å². The molecule has 0 aliphatic heterocycles. The van der Waals surface area contributed by atoms with Crippen molar-refractivity contribution in [3.63, 3.8) is 0 Å². The number of carbonyl (C=O) groups excluding carboxylic acids is 1. The van der Waals surface area contributed by atoms with Gasteiger partial charge in [-0.25, -0.2) is 9.78 Å². The first-order chi connectivity index (χ1) is 10.1. The Balaban J connectivity index is 1.91. The van der Waals surface area contributed by atoms with Crippen molar-refractivity contribution in [1.29, 1.82) is 0 Å². The van der Waals surface area contributed by atoms with Crippen LogP contribution in [0.2, 0.25) is 10.0 Å². The van der Waals surface area contributed by atoms with E-state index in [4.69, 9.17) is 23.2 Å². The minimum Gasteiger partial charge on any atom is -0.464 e. The van der Waals surface area contributed by atoms with Gasteiger partial charge in [0.2, 0.25) is 0 Å². The van der Waals surface area contributed by atoms with Crippen LogP contribution in [0.15, 0.2) is 36.5 Å². The molecule has 0 amide bonds. The van der Waals surface area contributed by atoms with E-state index in [1.165, 1.54) is 7.11 Å². The van der Waals surface area contributed by atoms with E-state index in [-0.39, 0.29) is 0 Å². The Morgan fingerprint density at radius 1 is 1.24 bits per heavy atom. The molecule has 2 rings (SSSR count). The van der Waals surface area contributed by atoms with E-state index in [1.807, 2.05) is 12.1 Å². The van der Waals surface area contributed by atoms with Crippen LogP contribution in [0.4, 0.5) is 0 Å². The van der Waals surface area contributed by atoms with Crippen LogP contribution in [-0.4, -0.2) is 18.1 Å². The number of nitrogens with zero attached hydrogens (tertiary/aromatic N) is 1. The lowest BCUT2D eigenvalue weighted by Crippen LogP contribution is -2.13. The molecule has 2 aromatic rings. The van der Waals surface area contributed by atoms with Gasteiger partial charge in [-0.3, -0.25) is 0 Å². The van der Waals surface area contributed by atoms with E-state index < -0.39 is 5.97 Å². The summed E-state index contributed by atoms with van der Waals surface area (Å²) >= 11 is 12.0. The van der Waals surface area contributed by atoms with Crippen molar-refractivity contribution < 1.29 is 9.53 Å². The van der Waals surface area contributed by atoms with E-state index in [0.717, 1.165) is 11.1 Å². The number of pyridine rings is 1. The molecule has 1 aromatic carbocycles. The highest BCUT2D eigenvalue weighted by Gasteiger charge is 2.06. The van der Waals surface area contributed by atoms with Crippen LogP contribution in [0.3, 0.4) is 0 Å². The first-order valence-corrected chi connectivity index (χ1v) is 7.03. The molecule has 0 atom stereocenters. The molecule has 6 heteroatoms. The number of methoxy groups -OCH3 is 1. The van der Waals surface area contributed by atoms with Crippen LogP contribution in [0, 0.1) is 0 Å². The van der Waals surface area contributed by atoms with E-state index >= 15 is 0 Å². The molecular weight excluding hydrogens is 311 g/mol. The van der Waals surface area contributed by atoms with E-state index in [9.17, 15) is 4.79 Å². The summed E-state index contributed by atoms with van der Waals surface area (Å²) in [5.41, 5.74) is 2.18. The van der Waals surface area contributed by atoms with Gasteiger partial charge in [0.25, 0.3) is 0 Å². The summed E-state index contributed by atoms with van der Waals surface area (Å²) in [6, 6.07) is 8.81. The number of carbonyl (C=O) groups is 1. The van der Waals surface area contributed by atoms with Gasteiger partial charge in [0.1, 0.15) is 5.69 Å². The Labute approximate surface area is 133 Å². The van der Waals surface area contributed by atoms with Crippen LogP contribution in [-0.2, 0) is 17.8 Å². The van der Waals surface area contributed by atoms with Gasteiger partial charge >= 0.3 is 5.97 Å². The Morgan fingerprint density at radius 3 is 2.71 bits per heavy atom. The molecule has 1 aromatic heterocycles. The molecule has 0 radical (unpaired) electrons. The number of nitrogens with one attached hydrogen (secondary N) is 1. The van der Waals surface area contributed by atoms with Crippen molar-refractivity contribution in [2.24, 2.45) is 0 Å². The van der Waals surface area contributed by atoms with Gasteiger partial charge in [-0.05, 0) is 35.4 Å². The zero-order valence-electron chi connectivity index (χ0n) is 11.4. The normalized spacial score (nSPS) is 10.4. The van der Waals surface area contributed by atoms with Crippen LogP contribution >= 0.6 is 23.2 Å². The standard InChI is InChI=1S/C15H14Cl2N2O2/c1-21-15(20)14-5-2-10(8-19-14)7-18-9-11-6-12(16)3-4-13(11)17/h2-6,8,18H,7,9H2,1H3. The number of rotatable bonds is 5. The SMILES string of the molecule is COC(=O)c1ccc(CNCc2cc(Cl)ccc2Cl)cn1. The molecular formula is C15H14Cl2N2O2. The predicted molar refractivity (Wildman–Crippen MR) is 82.6 cm³/mol. The molecule has 0 aliphatic rings. The first kappa shape index (κ1) is 15.8. The van der Waals surface area contributed by atoms with Gasteiger partial charge in [0, 0.05) is 29.3 Å². The number of hydrogen-bond acceptors (Lipinski definition) is 4. The summed E-state index contributed by atoms with van der Waals surface area (Å²) in [6.07, 6.45) is 1.64. The maximum Gasteiger partial charge on any atom is 0.356 e. The number of hydrogen-bond donors (Lipinski definition) is 1. The molecule has 4 nitrogen and oxygen atoms in total. The fraction of sp³-hybridized carbons (Fsp3) is 0.200. The van der Waals surface area contributed by atoms with Crippen LogP contribution in [0.5, 0.6) is 0 Å². The summed E-state index contributed by atoms with van der Waals surface area (Å²) in [5, 5.41) is 4.57. The lowest BCUT2D eigenvalue weighted by molar-refractivity contribution is 0.0594. The van der Waals surface area contributed by atoms with Gasteiger partial charge in [-0.15, -0.1) is 0 Å². The lowest BCUT2D eigenvalue weighted by Gasteiger charge is -2.07. The topological polar surface area (TPSA) is 51.2 Å². The monoisotopic (exact) mass is 324 g/mol. The smallest absolute Gasteiger partial charge is 0.356 e. The number of aromatic nitrogens is 1. The van der Waals surface area contributed by atoms with Gasteiger partial charge in [0.15, 0.2) is 0 Å². The number of halogens is 2. The quantitative estimate of drug-likeness (QED) is 0.856. The molecule has 0 fully saturated rings. The predicted octanol–water partition coefficient (Wildman–Crippen LogP) is 3.46. The number of ether oxygens (including phenoxy) is 1. The highest BCUT2D eigenvalue weighted by molar-refractivity contribution is 6.33. The third-order valence-electron chi connectivity index (χ3n) is 2.87. The van der Waals surface area contributed by atoms with Gasteiger partial charge in [-0.1, -0.05) is 29.3 Å². The third-order valence-corrected chi connectivity index (χ3v) is 3.48. The van der Waals surface area contributed by atoms with E-state index in [0.29, 0.717) is 28.8 Å². The van der Waals surface area contributed by atoms with Gasteiger partial charge < -0.3 is 10.1 Å². The summed E-state index contributed by atoms with van der Waals surface area (Å²) in [6.45, 7) is 1.20. The Kier molecular flexibility index (Phi) is 5.56. The molecule has 0 spiro atoms. The average Bonchev–Trinajstić information content (AvgIpc) is 2.50. The molecule has 0 saturated carbocycles. The Hall–Kier alpha value is -1.62. The van der Waals surface area contributed by atoms with E-state index in [1.54, 1.807) is 24.4 Å². The van der Waals surface area contributed by atoms with Crippen molar-refractivity contribution >= 4 is 29.2 Å². The van der Waals surface area contributed by atoms with Gasteiger partial charge in [0.05, 0.1) is 7.11 Å². The molecule has 0 bridgehead atoms. The minimum absolute atomic E-state index is 0.291. The van der Waals surface area contributed by atoms with Crippen molar-refractivity contribution in [3.05, 3.63) is 63.4 Å². The molecule has 1 N–H and O–H groups in total. The molecule has 110 valence electrons. The summed E-state index contributed by atoms with van der Waals surface area (Å²) < 4.78 is 4.60. The van der Waals surface area contributed by atoms with Crippen molar-refractivity contribution in [3.8, 4) is 0 Å². The molecule has 0 saturated heterocycles. The summed E-state index contributed by atoms with van der Waals surface area (Å²) in [4.78, 5) is 15.3. The van der Waals surface area contributed by atoms with Crippen LogP contribution < -0.4 is 5.32 Å². The summed E-state index contributed by atoms with van der Waals surface area (Å²) in [7, 11) is 1.33. The fourth-order valence-electron chi connectivity index (χ4n) is 1.77. The highest BCUT2D eigenvalue weighted by Crippen LogP contribution is 2.20. The van der Waals surface area contributed by atoms with Crippen molar-refractivity contribution in [2.75, 3.05) is 7.11 Å². The third kappa shape index (κ3) is 4.43. The van der Waals surface area contributed by atoms with Gasteiger partial charge in [-0.2, -0.15) is 0 Å². The molecule has 21 heavy (non-hydrogen) atoms. The second-order valence-corrected chi connectivity index (χ2v) is 5.23. The van der Waals surface area contributed by atoms with Crippen LogP contribution in [0.1, 0.15) is 21.6 Å².